The van der Waals surface area contributed by atoms with Crippen molar-refractivity contribution in [1.29, 1.82) is 0 Å². The highest BCUT2D eigenvalue weighted by Crippen LogP contribution is 2.26. The molecule has 0 bridgehead atoms. The number of amides is 1. The first-order chi connectivity index (χ1) is 14.3. The van der Waals surface area contributed by atoms with E-state index in [9.17, 15) is 9.59 Å². The number of carbonyl (C=O) groups is 2. The van der Waals surface area contributed by atoms with Crippen LogP contribution in [0.15, 0.2) is 23.9 Å². The van der Waals surface area contributed by atoms with E-state index in [0.717, 1.165) is 32.1 Å². The van der Waals surface area contributed by atoms with Crippen LogP contribution in [0.5, 0.6) is 0 Å². The molecule has 7 heteroatoms. The Balaban J connectivity index is 4.00. The van der Waals surface area contributed by atoms with Crippen LogP contribution >= 0.6 is 34.8 Å². The van der Waals surface area contributed by atoms with Crippen LogP contribution in [0, 0.1) is 0 Å². The van der Waals surface area contributed by atoms with Crippen LogP contribution in [0.25, 0.3) is 0 Å². The van der Waals surface area contributed by atoms with Gasteiger partial charge in [-0.25, -0.2) is 4.79 Å². The predicted molar refractivity (Wildman–Crippen MR) is 128 cm³/mol. The Morgan fingerprint density at radius 3 is 1.90 bits per heavy atom. The molecular weight excluding hydrogens is 445 g/mol. The Hall–Kier alpha value is -0.710. The first-order valence-corrected chi connectivity index (χ1v) is 12.3. The number of unbranched alkanes of at least 4 members (excludes halogenated alkanes) is 10. The number of nitrogens with one attached hydrogen (secondary N) is 1. The van der Waals surface area contributed by atoms with Crippen LogP contribution in [-0.2, 0) is 14.3 Å². The summed E-state index contributed by atoms with van der Waals surface area (Å²) in [5, 5.41) is 2.51. The highest BCUT2D eigenvalue weighted by Gasteiger charge is 2.31. The van der Waals surface area contributed by atoms with Gasteiger partial charge >= 0.3 is 5.97 Å². The molecule has 1 amide bonds. The Labute approximate surface area is 197 Å². The van der Waals surface area contributed by atoms with Crippen LogP contribution in [-0.4, -0.2) is 22.3 Å². The molecule has 0 saturated carbocycles. The van der Waals surface area contributed by atoms with Crippen molar-refractivity contribution in [2.24, 2.45) is 0 Å². The summed E-state index contributed by atoms with van der Waals surface area (Å²) in [6.07, 6.45) is 20.6. The quantitative estimate of drug-likeness (QED) is 0.0764. The molecule has 30 heavy (non-hydrogen) atoms. The van der Waals surface area contributed by atoms with Crippen molar-refractivity contribution in [2.75, 3.05) is 6.61 Å². The van der Waals surface area contributed by atoms with Gasteiger partial charge in [0.25, 0.3) is 9.70 Å². The van der Waals surface area contributed by atoms with Crippen molar-refractivity contribution >= 4 is 46.7 Å². The van der Waals surface area contributed by atoms with E-state index in [4.69, 9.17) is 39.5 Å². The van der Waals surface area contributed by atoms with Gasteiger partial charge in [0.1, 0.15) is 0 Å². The zero-order chi connectivity index (χ0) is 22.7. The molecular formula is C23H38Cl3NO3. The van der Waals surface area contributed by atoms with E-state index in [1.807, 2.05) is 0 Å². The highest BCUT2D eigenvalue weighted by atomic mass is 35.6. The largest absolute Gasteiger partial charge is 0.463 e. The normalized spacial score (nSPS) is 12.4. The summed E-state index contributed by atoms with van der Waals surface area (Å²) in [5.74, 6) is -1.30. The van der Waals surface area contributed by atoms with E-state index in [-0.39, 0.29) is 6.61 Å². The van der Waals surface area contributed by atoms with E-state index in [1.54, 1.807) is 6.92 Å². The fourth-order valence-electron chi connectivity index (χ4n) is 2.92. The molecule has 0 fully saturated rings. The van der Waals surface area contributed by atoms with E-state index >= 15 is 0 Å². The first kappa shape index (κ1) is 29.3. The lowest BCUT2D eigenvalue weighted by molar-refractivity contribution is -0.137. The van der Waals surface area contributed by atoms with Crippen molar-refractivity contribution in [2.45, 2.75) is 101 Å². The minimum atomic E-state index is -2.07. The Morgan fingerprint density at radius 1 is 0.833 bits per heavy atom. The number of carbonyl (C=O) groups excluding carboxylic acids is 2. The van der Waals surface area contributed by atoms with Gasteiger partial charge in [0.05, 0.1) is 6.61 Å². The minimum Gasteiger partial charge on any atom is -0.463 e. The zero-order valence-corrected chi connectivity index (χ0v) is 20.8. The molecule has 0 atom stereocenters. The average molecular weight is 483 g/mol. The van der Waals surface area contributed by atoms with Crippen molar-refractivity contribution in [3.63, 3.8) is 0 Å². The van der Waals surface area contributed by atoms with Gasteiger partial charge in [-0.15, -0.1) is 0 Å². The van der Waals surface area contributed by atoms with Crippen molar-refractivity contribution in [3.05, 3.63) is 23.9 Å². The van der Waals surface area contributed by atoms with Gasteiger partial charge in [-0.3, -0.25) is 4.79 Å². The second kappa shape index (κ2) is 19.0. The number of allylic oxidation sites excluding steroid dienone is 3. The van der Waals surface area contributed by atoms with Crippen molar-refractivity contribution in [1.82, 2.24) is 5.32 Å². The topological polar surface area (TPSA) is 55.4 Å². The number of rotatable bonds is 17. The monoisotopic (exact) mass is 481 g/mol. The third kappa shape index (κ3) is 18.1. The first-order valence-electron chi connectivity index (χ1n) is 11.2. The third-order valence-electron chi connectivity index (χ3n) is 4.57. The molecule has 0 spiro atoms. The number of hydrogen-bond donors (Lipinski definition) is 1. The lowest BCUT2D eigenvalue weighted by Crippen LogP contribution is -2.34. The summed E-state index contributed by atoms with van der Waals surface area (Å²) in [4.78, 5) is 23.5. The SMILES string of the molecule is CCCCCCC/C=C/CCCCCCC/C(=C\C(=O)OCC)NC(=O)C(Cl)(Cl)Cl. The molecule has 0 aliphatic heterocycles. The van der Waals surface area contributed by atoms with Crippen LogP contribution in [0.2, 0.25) is 0 Å². The van der Waals surface area contributed by atoms with Gasteiger partial charge < -0.3 is 10.1 Å². The lowest BCUT2D eigenvalue weighted by Gasteiger charge is -2.14. The van der Waals surface area contributed by atoms with Crippen molar-refractivity contribution < 1.29 is 14.3 Å². The maximum Gasteiger partial charge on any atom is 0.332 e. The maximum atomic E-state index is 11.9. The average Bonchev–Trinajstić information content (AvgIpc) is 2.67. The van der Waals surface area contributed by atoms with Crippen molar-refractivity contribution in [3.8, 4) is 0 Å². The highest BCUT2D eigenvalue weighted by molar-refractivity contribution is 6.76. The van der Waals surface area contributed by atoms with Gasteiger partial charge in [-0.2, -0.15) is 0 Å². The van der Waals surface area contributed by atoms with Gasteiger partial charge in [0, 0.05) is 11.8 Å². The molecule has 174 valence electrons. The second-order valence-electron chi connectivity index (χ2n) is 7.35. The van der Waals surface area contributed by atoms with Crippen LogP contribution < -0.4 is 5.32 Å². The fourth-order valence-corrected chi connectivity index (χ4v) is 3.06. The van der Waals surface area contributed by atoms with Crippen LogP contribution in [0.1, 0.15) is 97.3 Å². The second-order valence-corrected chi connectivity index (χ2v) is 9.64. The summed E-state index contributed by atoms with van der Waals surface area (Å²) in [5.41, 5.74) is 0.409. The Morgan fingerprint density at radius 2 is 1.37 bits per heavy atom. The zero-order valence-electron chi connectivity index (χ0n) is 18.5. The maximum absolute atomic E-state index is 11.9. The van der Waals surface area contributed by atoms with E-state index in [2.05, 4.69) is 24.4 Å². The van der Waals surface area contributed by atoms with Gasteiger partial charge in [-0.1, -0.05) is 98.8 Å². The molecule has 1 N–H and O–H groups in total. The number of ether oxygens (including phenoxy) is 1. The number of halogens is 3. The molecule has 4 nitrogen and oxygen atoms in total. The summed E-state index contributed by atoms with van der Waals surface area (Å²) in [6, 6.07) is 0. The summed E-state index contributed by atoms with van der Waals surface area (Å²) >= 11 is 16.8. The third-order valence-corrected chi connectivity index (χ3v) is 5.08. The van der Waals surface area contributed by atoms with Gasteiger partial charge in [0.15, 0.2) is 0 Å². The summed E-state index contributed by atoms with van der Waals surface area (Å²) in [7, 11) is 0. The van der Waals surface area contributed by atoms with Crippen LogP contribution in [0.3, 0.4) is 0 Å². The van der Waals surface area contributed by atoms with E-state index in [1.165, 1.54) is 51.0 Å². The Kier molecular flexibility index (Phi) is 18.6. The fraction of sp³-hybridized carbons (Fsp3) is 0.739. The van der Waals surface area contributed by atoms with Gasteiger partial charge in [-0.05, 0) is 45.4 Å². The summed E-state index contributed by atoms with van der Waals surface area (Å²) in [6.45, 7) is 4.21. The van der Waals surface area contributed by atoms with E-state index < -0.39 is 15.7 Å². The molecule has 0 aromatic rings. The molecule has 0 aromatic carbocycles. The molecule has 0 aromatic heterocycles. The number of esters is 1. The summed E-state index contributed by atoms with van der Waals surface area (Å²) < 4.78 is 2.82. The molecule has 0 heterocycles. The number of hydrogen-bond acceptors (Lipinski definition) is 3. The molecule has 0 unspecified atom stereocenters. The molecule has 0 aliphatic carbocycles. The Bertz CT molecular complexity index is 528. The van der Waals surface area contributed by atoms with Gasteiger partial charge in [0.2, 0.25) is 0 Å². The molecule has 0 radical (unpaired) electrons. The smallest absolute Gasteiger partial charge is 0.332 e. The lowest BCUT2D eigenvalue weighted by atomic mass is 10.1. The standard InChI is InChI=1S/C23H38Cl3NO3/c1-3-5-6-7-8-9-10-11-12-13-14-15-16-17-18-20(19-21(28)30-4-2)27-22(29)23(24,25)26/h10-11,19H,3-9,12-18H2,1-2H3,(H,27,29)/b11-10+,20-19+. The van der Waals surface area contributed by atoms with E-state index in [0.29, 0.717) is 12.1 Å². The molecule has 0 saturated heterocycles. The molecule has 0 rings (SSSR count). The predicted octanol–water partition coefficient (Wildman–Crippen LogP) is 7.57. The van der Waals surface area contributed by atoms with Crippen LogP contribution in [0.4, 0.5) is 0 Å². The molecule has 0 aliphatic rings. The minimum absolute atomic E-state index is 0.258. The number of alkyl halides is 3.